The molecule has 0 aromatic carbocycles. The molecule has 16 heavy (non-hydrogen) atoms. The summed E-state index contributed by atoms with van der Waals surface area (Å²) in [7, 11) is 0. The molecule has 0 spiro atoms. The Morgan fingerprint density at radius 1 is 1.56 bits per heavy atom. The molecule has 0 aliphatic rings. The van der Waals surface area contributed by atoms with Crippen LogP contribution in [0.3, 0.4) is 0 Å². The average Bonchev–Trinajstić information content (AvgIpc) is 2.16. The third-order valence-corrected chi connectivity index (χ3v) is 1.97. The van der Waals surface area contributed by atoms with E-state index in [0.717, 1.165) is 6.07 Å². The van der Waals surface area contributed by atoms with Crippen molar-refractivity contribution in [2.45, 2.75) is 18.6 Å². The Balaban J connectivity index is 3.01. The number of aromatic nitrogens is 1. The molecule has 1 unspecified atom stereocenters. The van der Waals surface area contributed by atoms with Crippen molar-refractivity contribution >= 4 is 5.97 Å². The molecule has 0 radical (unpaired) electrons. The van der Waals surface area contributed by atoms with Crippen LogP contribution in [0, 0.1) is 0 Å². The van der Waals surface area contributed by atoms with Crippen LogP contribution in [0.2, 0.25) is 0 Å². The summed E-state index contributed by atoms with van der Waals surface area (Å²) < 4.78 is 37.4. The van der Waals surface area contributed by atoms with E-state index in [4.69, 9.17) is 10.8 Å². The standard InChI is InChI=1S/C9H9F3N2O2/c10-9(11,12)6-4-14-2-1-5(6)3-7(13)8(15)16/h1-2,4,7H,3,13H2,(H,15,16). The van der Waals surface area contributed by atoms with Crippen LogP contribution in [-0.2, 0) is 17.4 Å². The van der Waals surface area contributed by atoms with E-state index in [2.05, 4.69) is 4.98 Å². The van der Waals surface area contributed by atoms with Gasteiger partial charge in [0, 0.05) is 12.4 Å². The maximum atomic E-state index is 12.5. The monoisotopic (exact) mass is 234 g/mol. The summed E-state index contributed by atoms with van der Waals surface area (Å²) in [6.45, 7) is 0. The van der Waals surface area contributed by atoms with Gasteiger partial charge in [0.05, 0.1) is 5.56 Å². The van der Waals surface area contributed by atoms with E-state index in [1.54, 1.807) is 0 Å². The van der Waals surface area contributed by atoms with E-state index in [1.165, 1.54) is 6.20 Å². The number of aliphatic carboxylic acids is 1. The van der Waals surface area contributed by atoms with Gasteiger partial charge in [-0.3, -0.25) is 9.78 Å². The van der Waals surface area contributed by atoms with Crippen LogP contribution in [0.1, 0.15) is 11.1 Å². The molecular formula is C9H9F3N2O2. The van der Waals surface area contributed by atoms with E-state index >= 15 is 0 Å². The molecule has 0 amide bonds. The van der Waals surface area contributed by atoms with Gasteiger partial charge in [-0.15, -0.1) is 0 Å². The summed E-state index contributed by atoms with van der Waals surface area (Å²) in [5, 5.41) is 8.52. The number of hydrogen-bond acceptors (Lipinski definition) is 3. The zero-order chi connectivity index (χ0) is 12.3. The van der Waals surface area contributed by atoms with Crippen molar-refractivity contribution in [1.82, 2.24) is 4.98 Å². The first kappa shape index (κ1) is 12.4. The van der Waals surface area contributed by atoms with Crippen LogP contribution in [0.15, 0.2) is 18.5 Å². The number of carbonyl (C=O) groups is 1. The van der Waals surface area contributed by atoms with E-state index < -0.39 is 23.8 Å². The highest BCUT2D eigenvalue weighted by Crippen LogP contribution is 2.31. The van der Waals surface area contributed by atoms with Crippen molar-refractivity contribution in [3.8, 4) is 0 Å². The first-order valence-electron chi connectivity index (χ1n) is 4.31. The average molecular weight is 234 g/mol. The van der Waals surface area contributed by atoms with Crippen molar-refractivity contribution in [3.05, 3.63) is 29.6 Å². The molecule has 1 aromatic heterocycles. The van der Waals surface area contributed by atoms with E-state index in [0.29, 0.717) is 6.20 Å². The molecule has 0 bridgehead atoms. The molecule has 88 valence electrons. The Kier molecular flexibility index (Phi) is 3.48. The molecule has 1 rings (SSSR count). The number of hydrogen-bond donors (Lipinski definition) is 2. The highest BCUT2D eigenvalue weighted by Gasteiger charge is 2.34. The van der Waals surface area contributed by atoms with Gasteiger partial charge in [0.2, 0.25) is 0 Å². The number of nitrogens with two attached hydrogens (primary N) is 1. The minimum atomic E-state index is -4.55. The fraction of sp³-hybridized carbons (Fsp3) is 0.333. The summed E-state index contributed by atoms with van der Waals surface area (Å²) in [5.74, 6) is -1.34. The number of carboxylic acids is 1. The Labute approximate surface area is 88.9 Å². The molecule has 0 saturated heterocycles. The van der Waals surface area contributed by atoms with Crippen LogP contribution in [-0.4, -0.2) is 22.1 Å². The predicted molar refractivity (Wildman–Crippen MR) is 48.6 cm³/mol. The molecule has 1 aromatic rings. The van der Waals surface area contributed by atoms with Crippen molar-refractivity contribution in [3.63, 3.8) is 0 Å². The van der Waals surface area contributed by atoms with Crippen LogP contribution in [0.5, 0.6) is 0 Å². The van der Waals surface area contributed by atoms with E-state index in [9.17, 15) is 18.0 Å². The SMILES string of the molecule is NC(Cc1ccncc1C(F)(F)F)C(=O)O. The molecule has 0 fully saturated rings. The minimum Gasteiger partial charge on any atom is -0.480 e. The highest BCUT2D eigenvalue weighted by molar-refractivity contribution is 5.73. The smallest absolute Gasteiger partial charge is 0.418 e. The first-order chi connectivity index (χ1) is 7.32. The minimum absolute atomic E-state index is 0.169. The summed E-state index contributed by atoms with van der Waals surface area (Å²) in [4.78, 5) is 13.8. The Bertz CT molecular complexity index is 393. The van der Waals surface area contributed by atoms with Crippen LogP contribution in [0.25, 0.3) is 0 Å². The molecular weight excluding hydrogens is 225 g/mol. The lowest BCUT2D eigenvalue weighted by Crippen LogP contribution is -2.33. The topological polar surface area (TPSA) is 76.2 Å². The fourth-order valence-electron chi connectivity index (χ4n) is 1.18. The summed E-state index contributed by atoms with van der Waals surface area (Å²) in [5.41, 5.74) is 4.05. The van der Waals surface area contributed by atoms with Gasteiger partial charge in [0.15, 0.2) is 0 Å². The molecule has 7 heteroatoms. The number of nitrogens with zero attached hydrogens (tertiary/aromatic N) is 1. The number of pyridine rings is 1. The van der Waals surface area contributed by atoms with Gasteiger partial charge < -0.3 is 10.8 Å². The van der Waals surface area contributed by atoms with Gasteiger partial charge >= 0.3 is 12.1 Å². The lowest BCUT2D eigenvalue weighted by molar-refractivity contribution is -0.141. The summed E-state index contributed by atoms with van der Waals surface area (Å²) in [6, 6.07) is -0.241. The number of rotatable bonds is 3. The fourth-order valence-corrected chi connectivity index (χ4v) is 1.18. The number of halogens is 3. The maximum Gasteiger partial charge on any atom is 0.418 e. The normalized spacial score (nSPS) is 13.5. The number of alkyl halides is 3. The second-order valence-corrected chi connectivity index (χ2v) is 3.18. The van der Waals surface area contributed by atoms with Crippen LogP contribution < -0.4 is 5.73 Å². The van der Waals surface area contributed by atoms with Gasteiger partial charge in [0.1, 0.15) is 6.04 Å². The van der Waals surface area contributed by atoms with Crippen molar-refractivity contribution in [1.29, 1.82) is 0 Å². The van der Waals surface area contributed by atoms with Gasteiger partial charge in [-0.1, -0.05) is 0 Å². The van der Waals surface area contributed by atoms with Gasteiger partial charge in [-0.2, -0.15) is 13.2 Å². The Morgan fingerprint density at radius 2 is 2.19 bits per heavy atom. The molecule has 4 nitrogen and oxygen atoms in total. The van der Waals surface area contributed by atoms with Crippen LogP contribution in [0.4, 0.5) is 13.2 Å². The molecule has 0 aliphatic heterocycles. The van der Waals surface area contributed by atoms with Crippen LogP contribution >= 0.6 is 0 Å². The van der Waals surface area contributed by atoms with E-state index in [1.807, 2.05) is 0 Å². The van der Waals surface area contributed by atoms with Gasteiger partial charge in [-0.05, 0) is 18.1 Å². The first-order valence-corrected chi connectivity index (χ1v) is 4.31. The van der Waals surface area contributed by atoms with E-state index in [-0.39, 0.29) is 12.0 Å². The Morgan fingerprint density at radius 3 is 2.69 bits per heavy atom. The third kappa shape index (κ3) is 2.93. The van der Waals surface area contributed by atoms with Crippen molar-refractivity contribution in [2.75, 3.05) is 0 Å². The quantitative estimate of drug-likeness (QED) is 0.819. The summed E-state index contributed by atoms with van der Waals surface area (Å²) >= 11 is 0. The van der Waals surface area contributed by atoms with Crippen molar-refractivity contribution < 1.29 is 23.1 Å². The maximum absolute atomic E-state index is 12.5. The molecule has 3 N–H and O–H groups in total. The Hall–Kier alpha value is -1.63. The summed E-state index contributed by atoms with van der Waals surface area (Å²) in [6.07, 6.45) is -3.11. The highest BCUT2D eigenvalue weighted by atomic mass is 19.4. The molecule has 1 atom stereocenters. The zero-order valence-corrected chi connectivity index (χ0v) is 8.03. The number of carboxylic acid groups (broad SMARTS) is 1. The van der Waals surface area contributed by atoms with Gasteiger partial charge in [0.25, 0.3) is 0 Å². The molecule has 0 aliphatic carbocycles. The zero-order valence-electron chi connectivity index (χ0n) is 8.03. The van der Waals surface area contributed by atoms with Gasteiger partial charge in [-0.25, -0.2) is 0 Å². The lowest BCUT2D eigenvalue weighted by Gasteiger charge is -2.13. The second-order valence-electron chi connectivity index (χ2n) is 3.18. The molecule has 1 heterocycles. The lowest BCUT2D eigenvalue weighted by atomic mass is 10.0. The predicted octanol–water partition coefficient (Wildman–Crippen LogP) is 1.05. The second kappa shape index (κ2) is 4.48. The molecule has 0 saturated carbocycles. The third-order valence-electron chi connectivity index (χ3n) is 1.97. The largest absolute Gasteiger partial charge is 0.480 e. The van der Waals surface area contributed by atoms with Crippen molar-refractivity contribution in [2.24, 2.45) is 5.73 Å².